The fourth-order valence-electron chi connectivity index (χ4n) is 1.12. The highest BCUT2D eigenvalue weighted by atomic mass is 32.1. The largest absolute Gasteiger partial charge is 0.368 e. The molecule has 0 radical (unpaired) electrons. The van der Waals surface area contributed by atoms with Crippen molar-refractivity contribution in [2.75, 3.05) is 11.9 Å². The predicted molar refractivity (Wildman–Crippen MR) is 59.6 cm³/mol. The van der Waals surface area contributed by atoms with Crippen molar-refractivity contribution in [3.63, 3.8) is 0 Å². The summed E-state index contributed by atoms with van der Waals surface area (Å²) in [5.41, 5.74) is 5.63. The number of fused-ring (bicyclic) bond motifs is 1. The van der Waals surface area contributed by atoms with Gasteiger partial charge in [0.2, 0.25) is 0 Å². The summed E-state index contributed by atoms with van der Waals surface area (Å²) in [6, 6.07) is 4.09. The Balaban J connectivity index is 2.17. The Hall–Kier alpha value is -1.20. The SMILES string of the molecule is CC(N)CNc1ccc2cnsc2n1. The molecule has 74 valence electrons. The normalized spacial score (nSPS) is 13.0. The molecule has 0 aliphatic heterocycles. The number of nitrogens with one attached hydrogen (secondary N) is 1. The van der Waals surface area contributed by atoms with Gasteiger partial charge in [-0.15, -0.1) is 0 Å². The first-order valence-electron chi connectivity index (χ1n) is 4.46. The van der Waals surface area contributed by atoms with Crippen LogP contribution in [0.4, 0.5) is 5.82 Å². The molecule has 0 aliphatic rings. The monoisotopic (exact) mass is 208 g/mol. The molecule has 0 spiro atoms. The smallest absolute Gasteiger partial charge is 0.145 e. The lowest BCUT2D eigenvalue weighted by molar-refractivity contribution is 0.778. The Morgan fingerprint density at radius 1 is 1.57 bits per heavy atom. The van der Waals surface area contributed by atoms with E-state index in [2.05, 4.69) is 14.7 Å². The molecule has 14 heavy (non-hydrogen) atoms. The van der Waals surface area contributed by atoms with Crippen LogP contribution in [0.25, 0.3) is 10.2 Å². The number of pyridine rings is 1. The van der Waals surface area contributed by atoms with E-state index in [1.807, 2.05) is 25.3 Å². The van der Waals surface area contributed by atoms with Crippen LogP contribution in [0.15, 0.2) is 18.3 Å². The number of anilines is 1. The van der Waals surface area contributed by atoms with Crippen molar-refractivity contribution in [2.24, 2.45) is 5.73 Å². The summed E-state index contributed by atoms with van der Waals surface area (Å²) in [5, 5.41) is 4.25. The van der Waals surface area contributed by atoms with Crippen molar-refractivity contribution in [3.8, 4) is 0 Å². The molecule has 2 aromatic heterocycles. The van der Waals surface area contributed by atoms with E-state index in [0.29, 0.717) is 0 Å². The number of nitrogens with zero attached hydrogens (tertiary/aromatic N) is 2. The number of hydrogen-bond donors (Lipinski definition) is 2. The van der Waals surface area contributed by atoms with E-state index in [1.54, 1.807) is 0 Å². The molecule has 0 amide bonds. The molecule has 4 nitrogen and oxygen atoms in total. The van der Waals surface area contributed by atoms with E-state index in [4.69, 9.17) is 5.73 Å². The highest BCUT2D eigenvalue weighted by Crippen LogP contribution is 2.17. The highest BCUT2D eigenvalue weighted by Gasteiger charge is 2.00. The molecule has 0 fully saturated rings. The second kappa shape index (κ2) is 3.89. The molecule has 1 atom stereocenters. The fraction of sp³-hybridized carbons (Fsp3) is 0.333. The Bertz CT molecular complexity index is 423. The summed E-state index contributed by atoms with van der Waals surface area (Å²) in [4.78, 5) is 5.35. The third-order valence-electron chi connectivity index (χ3n) is 1.83. The summed E-state index contributed by atoms with van der Waals surface area (Å²) in [7, 11) is 0. The first-order valence-corrected chi connectivity index (χ1v) is 5.24. The molecule has 0 aromatic carbocycles. The van der Waals surface area contributed by atoms with Crippen LogP contribution >= 0.6 is 11.5 Å². The van der Waals surface area contributed by atoms with Crippen molar-refractivity contribution in [2.45, 2.75) is 13.0 Å². The first-order chi connectivity index (χ1) is 6.75. The van der Waals surface area contributed by atoms with Crippen LogP contribution in [0.1, 0.15) is 6.92 Å². The molecule has 2 aromatic rings. The minimum Gasteiger partial charge on any atom is -0.368 e. The number of aromatic nitrogens is 2. The zero-order valence-electron chi connectivity index (χ0n) is 7.90. The van der Waals surface area contributed by atoms with Crippen LogP contribution in [0.3, 0.4) is 0 Å². The summed E-state index contributed by atoms with van der Waals surface area (Å²) >= 11 is 1.40. The third-order valence-corrected chi connectivity index (χ3v) is 2.54. The van der Waals surface area contributed by atoms with Crippen molar-refractivity contribution < 1.29 is 0 Å². The molecule has 5 heteroatoms. The Labute approximate surface area is 86.3 Å². The lowest BCUT2D eigenvalue weighted by Crippen LogP contribution is -2.25. The molecule has 2 heterocycles. The molecule has 0 aliphatic carbocycles. The zero-order valence-corrected chi connectivity index (χ0v) is 8.71. The van der Waals surface area contributed by atoms with Gasteiger partial charge in [0.1, 0.15) is 10.6 Å². The van der Waals surface area contributed by atoms with E-state index in [0.717, 1.165) is 22.6 Å². The van der Waals surface area contributed by atoms with E-state index in [-0.39, 0.29) is 6.04 Å². The third kappa shape index (κ3) is 2.00. The van der Waals surface area contributed by atoms with Gasteiger partial charge < -0.3 is 11.1 Å². The summed E-state index contributed by atoms with van der Waals surface area (Å²) in [5.74, 6) is 0.860. The predicted octanol–water partition coefficient (Wildman–Crippen LogP) is 1.45. The molecule has 0 saturated heterocycles. The maximum atomic E-state index is 5.63. The molecule has 1 unspecified atom stereocenters. The molecular formula is C9H12N4S. The van der Waals surface area contributed by atoms with Crippen LogP contribution in [-0.2, 0) is 0 Å². The summed E-state index contributed by atoms with van der Waals surface area (Å²) < 4.78 is 4.06. The standard InChI is InChI=1S/C9H12N4S/c1-6(10)4-11-8-3-2-7-5-12-14-9(7)13-8/h2-3,5-6H,4,10H2,1H3,(H,11,13). The van der Waals surface area contributed by atoms with Crippen LogP contribution in [0.5, 0.6) is 0 Å². The fourth-order valence-corrected chi connectivity index (χ4v) is 1.75. The molecule has 0 saturated carbocycles. The molecular weight excluding hydrogens is 196 g/mol. The Morgan fingerprint density at radius 2 is 2.43 bits per heavy atom. The quantitative estimate of drug-likeness (QED) is 0.801. The van der Waals surface area contributed by atoms with E-state index >= 15 is 0 Å². The first kappa shape index (κ1) is 9.36. The van der Waals surface area contributed by atoms with Gasteiger partial charge in [0.25, 0.3) is 0 Å². The summed E-state index contributed by atoms with van der Waals surface area (Å²) in [6.45, 7) is 2.69. The lowest BCUT2D eigenvalue weighted by atomic mass is 10.3. The van der Waals surface area contributed by atoms with Gasteiger partial charge >= 0.3 is 0 Å². The van der Waals surface area contributed by atoms with Gasteiger partial charge in [0.15, 0.2) is 0 Å². The van der Waals surface area contributed by atoms with Crippen molar-refractivity contribution in [1.29, 1.82) is 0 Å². The van der Waals surface area contributed by atoms with Crippen LogP contribution in [0.2, 0.25) is 0 Å². The van der Waals surface area contributed by atoms with Crippen molar-refractivity contribution in [3.05, 3.63) is 18.3 Å². The second-order valence-electron chi connectivity index (χ2n) is 3.27. The maximum absolute atomic E-state index is 5.63. The Kier molecular flexibility index (Phi) is 2.60. The topological polar surface area (TPSA) is 63.8 Å². The average Bonchev–Trinajstić information content (AvgIpc) is 2.61. The minimum atomic E-state index is 0.133. The Morgan fingerprint density at radius 3 is 3.21 bits per heavy atom. The highest BCUT2D eigenvalue weighted by molar-refractivity contribution is 7.12. The number of hydrogen-bond acceptors (Lipinski definition) is 5. The average molecular weight is 208 g/mol. The lowest BCUT2D eigenvalue weighted by Gasteiger charge is -2.07. The van der Waals surface area contributed by atoms with Gasteiger partial charge in [-0.1, -0.05) is 0 Å². The maximum Gasteiger partial charge on any atom is 0.145 e. The van der Waals surface area contributed by atoms with Gasteiger partial charge in [-0.05, 0) is 30.6 Å². The van der Waals surface area contributed by atoms with Crippen molar-refractivity contribution >= 4 is 27.6 Å². The van der Waals surface area contributed by atoms with Crippen LogP contribution < -0.4 is 11.1 Å². The van der Waals surface area contributed by atoms with Gasteiger partial charge in [0.05, 0.1) is 6.20 Å². The molecule has 3 N–H and O–H groups in total. The number of nitrogens with two attached hydrogens (primary N) is 1. The van der Waals surface area contributed by atoms with Crippen LogP contribution in [0, 0.1) is 0 Å². The van der Waals surface area contributed by atoms with E-state index in [1.165, 1.54) is 11.5 Å². The van der Waals surface area contributed by atoms with Gasteiger partial charge in [-0.2, -0.15) is 4.37 Å². The van der Waals surface area contributed by atoms with Gasteiger partial charge in [-0.3, -0.25) is 0 Å². The van der Waals surface area contributed by atoms with Gasteiger partial charge in [0, 0.05) is 18.0 Å². The second-order valence-corrected chi connectivity index (χ2v) is 4.05. The number of rotatable bonds is 3. The van der Waals surface area contributed by atoms with Gasteiger partial charge in [-0.25, -0.2) is 4.98 Å². The van der Waals surface area contributed by atoms with E-state index < -0.39 is 0 Å². The minimum absolute atomic E-state index is 0.133. The van der Waals surface area contributed by atoms with E-state index in [9.17, 15) is 0 Å². The van der Waals surface area contributed by atoms with Crippen LogP contribution in [-0.4, -0.2) is 21.9 Å². The molecule has 2 rings (SSSR count). The molecule has 0 bridgehead atoms. The summed E-state index contributed by atoms with van der Waals surface area (Å²) in [6.07, 6.45) is 1.82. The zero-order chi connectivity index (χ0) is 9.97. The van der Waals surface area contributed by atoms with Crippen molar-refractivity contribution in [1.82, 2.24) is 9.36 Å².